The van der Waals surface area contributed by atoms with Gasteiger partial charge in [0, 0.05) is 18.9 Å². The number of amides is 1. The molecule has 0 aromatic rings. The standard InChI is InChI=1S/C12H24N2O2S/c1-4-10(9-17-3)14-11(15)12(16-2)5-7-13-8-6-12/h10,13H,4-9H2,1-3H3,(H,14,15). The Kier molecular flexibility index (Phi) is 6.30. The zero-order valence-corrected chi connectivity index (χ0v) is 11.9. The lowest BCUT2D eigenvalue weighted by molar-refractivity contribution is -0.147. The molecule has 0 saturated carbocycles. The van der Waals surface area contributed by atoms with Crippen molar-refractivity contribution in [2.75, 3.05) is 32.2 Å². The number of methoxy groups -OCH3 is 1. The number of rotatable bonds is 6. The fourth-order valence-electron chi connectivity index (χ4n) is 2.13. The summed E-state index contributed by atoms with van der Waals surface area (Å²) in [7, 11) is 1.64. The van der Waals surface area contributed by atoms with Gasteiger partial charge in [0.15, 0.2) is 0 Å². The van der Waals surface area contributed by atoms with Crippen LogP contribution in [0, 0.1) is 0 Å². The van der Waals surface area contributed by atoms with Gasteiger partial charge in [0.1, 0.15) is 5.60 Å². The van der Waals surface area contributed by atoms with Crippen LogP contribution in [0.4, 0.5) is 0 Å². The molecule has 1 saturated heterocycles. The van der Waals surface area contributed by atoms with Crippen LogP contribution in [0.2, 0.25) is 0 Å². The van der Waals surface area contributed by atoms with Gasteiger partial charge >= 0.3 is 0 Å². The first-order chi connectivity index (χ1) is 8.18. The van der Waals surface area contributed by atoms with E-state index in [0.29, 0.717) is 0 Å². The van der Waals surface area contributed by atoms with E-state index in [1.165, 1.54) is 0 Å². The van der Waals surface area contributed by atoms with Gasteiger partial charge in [-0.3, -0.25) is 4.79 Å². The molecule has 0 aliphatic carbocycles. The van der Waals surface area contributed by atoms with Crippen molar-refractivity contribution >= 4 is 17.7 Å². The molecule has 1 fully saturated rings. The fraction of sp³-hybridized carbons (Fsp3) is 0.917. The maximum absolute atomic E-state index is 12.3. The van der Waals surface area contributed by atoms with Crippen molar-refractivity contribution in [2.24, 2.45) is 0 Å². The van der Waals surface area contributed by atoms with E-state index in [0.717, 1.165) is 38.1 Å². The minimum atomic E-state index is -0.614. The number of ether oxygens (including phenoxy) is 1. The number of piperidine rings is 1. The Hall–Kier alpha value is -0.260. The molecule has 1 atom stereocenters. The third-order valence-corrected chi connectivity index (χ3v) is 4.15. The predicted molar refractivity (Wildman–Crippen MR) is 72.4 cm³/mol. The Labute approximate surface area is 108 Å². The van der Waals surface area contributed by atoms with E-state index in [-0.39, 0.29) is 11.9 Å². The molecule has 0 spiro atoms. The van der Waals surface area contributed by atoms with Crippen LogP contribution in [-0.4, -0.2) is 49.8 Å². The van der Waals surface area contributed by atoms with Gasteiger partial charge < -0.3 is 15.4 Å². The monoisotopic (exact) mass is 260 g/mol. The normalized spacial score (nSPS) is 20.9. The van der Waals surface area contributed by atoms with Crippen molar-refractivity contribution in [2.45, 2.75) is 37.8 Å². The predicted octanol–water partition coefficient (Wildman–Crippen LogP) is 1.01. The Morgan fingerprint density at radius 1 is 1.53 bits per heavy atom. The zero-order valence-electron chi connectivity index (χ0n) is 11.0. The van der Waals surface area contributed by atoms with Crippen molar-refractivity contribution in [3.8, 4) is 0 Å². The van der Waals surface area contributed by atoms with Gasteiger partial charge in [-0.1, -0.05) is 6.92 Å². The first-order valence-corrected chi connectivity index (χ1v) is 7.63. The molecular weight excluding hydrogens is 236 g/mol. The molecule has 5 heteroatoms. The summed E-state index contributed by atoms with van der Waals surface area (Å²) in [5, 5.41) is 6.37. The number of nitrogens with one attached hydrogen (secondary N) is 2. The lowest BCUT2D eigenvalue weighted by Crippen LogP contribution is -2.56. The summed E-state index contributed by atoms with van der Waals surface area (Å²) in [6, 6.07) is 0.249. The van der Waals surface area contributed by atoms with E-state index >= 15 is 0 Å². The minimum Gasteiger partial charge on any atom is -0.368 e. The van der Waals surface area contributed by atoms with Crippen LogP contribution >= 0.6 is 11.8 Å². The third kappa shape index (κ3) is 3.86. The molecule has 1 aliphatic heterocycles. The molecule has 0 bridgehead atoms. The fourth-order valence-corrected chi connectivity index (χ4v) is 2.86. The van der Waals surface area contributed by atoms with Crippen molar-refractivity contribution in [3.63, 3.8) is 0 Å². The second kappa shape index (κ2) is 7.24. The van der Waals surface area contributed by atoms with E-state index in [2.05, 4.69) is 23.8 Å². The van der Waals surface area contributed by atoms with E-state index in [1.54, 1.807) is 18.9 Å². The maximum Gasteiger partial charge on any atom is 0.252 e. The largest absolute Gasteiger partial charge is 0.368 e. The van der Waals surface area contributed by atoms with Crippen LogP contribution < -0.4 is 10.6 Å². The lowest BCUT2D eigenvalue weighted by atomic mass is 9.91. The summed E-state index contributed by atoms with van der Waals surface area (Å²) >= 11 is 1.76. The summed E-state index contributed by atoms with van der Waals surface area (Å²) in [5.41, 5.74) is -0.614. The Bertz CT molecular complexity index is 243. The molecule has 1 unspecified atom stereocenters. The van der Waals surface area contributed by atoms with Crippen molar-refractivity contribution in [3.05, 3.63) is 0 Å². The highest BCUT2D eigenvalue weighted by molar-refractivity contribution is 7.98. The number of thioether (sulfide) groups is 1. The Morgan fingerprint density at radius 3 is 2.65 bits per heavy atom. The van der Waals surface area contributed by atoms with Crippen molar-refractivity contribution < 1.29 is 9.53 Å². The number of hydrogen-bond acceptors (Lipinski definition) is 4. The van der Waals surface area contributed by atoms with Gasteiger partial charge in [0.2, 0.25) is 0 Å². The van der Waals surface area contributed by atoms with Gasteiger partial charge in [-0.2, -0.15) is 11.8 Å². The van der Waals surface area contributed by atoms with Crippen LogP contribution in [0.25, 0.3) is 0 Å². The van der Waals surface area contributed by atoms with Gasteiger partial charge in [-0.05, 0) is 38.6 Å². The number of carbonyl (C=O) groups excluding carboxylic acids is 1. The average Bonchev–Trinajstić information content (AvgIpc) is 2.38. The molecule has 2 N–H and O–H groups in total. The second-order valence-corrected chi connectivity index (χ2v) is 5.39. The van der Waals surface area contributed by atoms with Crippen LogP contribution in [0.15, 0.2) is 0 Å². The van der Waals surface area contributed by atoms with Gasteiger partial charge in [0.25, 0.3) is 5.91 Å². The quantitative estimate of drug-likeness (QED) is 0.748. The van der Waals surface area contributed by atoms with Crippen LogP contribution in [0.3, 0.4) is 0 Å². The molecule has 0 aromatic carbocycles. The molecule has 0 radical (unpaired) electrons. The average molecular weight is 260 g/mol. The van der Waals surface area contributed by atoms with Crippen LogP contribution in [0.5, 0.6) is 0 Å². The topological polar surface area (TPSA) is 50.4 Å². The summed E-state index contributed by atoms with van der Waals surface area (Å²) in [4.78, 5) is 12.3. The highest BCUT2D eigenvalue weighted by Gasteiger charge is 2.40. The molecule has 1 rings (SSSR count). The van der Waals surface area contributed by atoms with E-state index in [9.17, 15) is 4.79 Å². The molecule has 1 amide bonds. The first-order valence-electron chi connectivity index (χ1n) is 6.24. The van der Waals surface area contributed by atoms with Gasteiger partial charge in [0.05, 0.1) is 0 Å². The van der Waals surface area contributed by atoms with E-state index in [4.69, 9.17) is 4.74 Å². The van der Waals surface area contributed by atoms with E-state index < -0.39 is 5.60 Å². The summed E-state index contributed by atoms with van der Waals surface area (Å²) in [5.74, 6) is 1.02. The summed E-state index contributed by atoms with van der Waals surface area (Å²) in [6.45, 7) is 3.80. The Balaban J connectivity index is 2.58. The molecule has 100 valence electrons. The van der Waals surface area contributed by atoms with Gasteiger partial charge in [-0.25, -0.2) is 0 Å². The summed E-state index contributed by atoms with van der Waals surface area (Å²) in [6.07, 6.45) is 4.53. The van der Waals surface area contributed by atoms with Crippen LogP contribution in [0.1, 0.15) is 26.2 Å². The summed E-state index contributed by atoms with van der Waals surface area (Å²) < 4.78 is 5.51. The van der Waals surface area contributed by atoms with E-state index in [1.807, 2.05) is 0 Å². The first kappa shape index (κ1) is 14.8. The molecule has 1 heterocycles. The highest BCUT2D eigenvalue weighted by atomic mass is 32.2. The second-order valence-electron chi connectivity index (χ2n) is 4.48. The lowest BCUT2D eigenvalue weighted by Gasteiger charge is -2.36. The van der Waals surface area contributed by atoms with Gasteiger partial charge in [-0.15, -0.1) is 0 Å². The highest BCUT2D eigenvalue weighted by Crippen LogP contribution is 2.23. The van der Waals surface area contributed by atoms with Crippen molar-refractivity contribution in [1.29, 1.82) is 0 Å². The smallest absolute Gasteiger partial charge is 0.252 e. The maximum atomic E-state index is 12.3. The molecule has 0 aromatic heterocycles. The SMILES string of the molecule is CCC(CSC)NC(=O)C1(OC)CCNCC1. The molecule has 4 nitrogen and oxygen atoms in total. The molecule has 17 heavy (non-hydrogen) atoms. The number of hydrogen-bond donors (Lipinski definition) is 2. The van der Waals surface area contributed by atoms with Crippen LogP contribution in [-0.2, 0) is 9.53 Å². The third-order valence-electron chi connectivity index (χ3n) is 3.41. The molecule has 1 aliphatic rings. The molecular formula is C12H24N2O2S. The van der Waals surface area contributed by atoms with Crippen molar-refractivity contribution in [1.82, 2.24) is 10.6 Å². The Morgan fingerprint density at radius 2 is 2.18 bits per heavy atom. The zero-order chi connectivity index (χ0) is 12.7. The number of carbonyl (C=O) groups is 1. The minimum absolute atomic E-state index is 0.0578.